The maximum absolute atomic E-state index is 9.53. The first-order chi connectivity index (χ1) is 26.6. The largest absolute Gasteiger partial charge is 0.457 e. The molecule has 0 unspecified atom stereocenters. The van der Waals surface area contributed by atoms with E-state index in [1.807, 2.05) is 66.7 Å². The molecule has 54 heavy (non-hydrogen) atoms. The summed E-state index contributed by atoms with van der Waals surface area (Å²) in [6, 6.07) is 59.2. The molecule has 7 aromatic carbocycles. The van der Waals surface area contributed by atoms with Gasteiger partial charge in [-0.2, -0.15) is 10.5 Å². The molecule has 0 bridgehead atoms. The Morgan fingerprint density at radius 3 is 1.50 bits per heavy atom. The summed E-state index contributed by atoms with van der Waals surface area (Å²) in [6.07, 6.45) is 0. The van der Waals surface area contributed by atoms with Gasteiger partial charge in [-0.05, 0) is 69.8 Å². The summed E-state index contributed by atoms with van der Waals surface area (Å²) >= 11 is 0. The van der Waals surface area contributed by atoms with E-state index in [1.54, 1.807) is 18.2 Å². The highest BCUT2D eigenvalue weighted by atomic mass is 16.5. The Morgan fingerprint density at radius 1 is 0.389 bits per heavy atom. The van der Waals surface area contributed by atoms with E-state index in [0.717, 1.165) is 61.6 Å². The van der Waals surface area contributed by atoms with Crippen molar-refractivity contribution in [2.45, 2.75) is 5.41 Å². The van der Waals surface area contributed by atoms with Crippen LogP contribution in [-0.2, 0) is 5.41 Å². The fourth-order valence-electron chi connectivity index (χ4n) is 8.08. The zero-order valence-corrected chi connectivity index (χ0v) is 28.7. The van der Waals surface area contributed by atoms with E-state index in [1.165, 1.54) is 11.1 Å². The quantitative estimate of drug-likeness (QED) is 0.182. The van der Waals surface area contributed by atoms with Crippen LogP contribution in [0.3, 0.4) is 0 Å². The average molecular weight is 690 g/mol. The van der Waals surface area contributed by atoms with Crippen LogP contribution in [0.1, 0.15) is 33.4 Å². The maximum atomic E-state index is 9.53. The number of aromatic nitrogens is 3. The third kappa shape index (κ3) is 4.75. The summed E-state index contributed by atoms with van der Waals surface area (Å²) in [7, 11) is 0. The second-order valence-electron chi connectivity index (χ2n) is 13.4. The Labute approximate surface area is 311 Å². The molecule has 2 heterocycles. The van der Waals surface area contributed by atoms with Crippen molar-refractivity contribution in [3.05, 3.63) is 197 Å². The lowest BCUT2D eigenvalue weighted by atomic mass is 9.66. The van der Waals surface area contributed by atoms with Crippen LogP contribution in [-0.4, -0.2) is 15.0 Å². The van der Waals surface area contributed by atoms with E-state index in [4.69, 9.17) is 19.7 Å². The summed E-state index contributed by atoms with van der Waals surface area (Å²) in [5.74, 6) is 3.34. The number of nitriles is 2. The van der Waals surface area contributed by atoms with Gasteiger partial charge in [0.15, 0.2) is 17.5 Å². The Hall–Kier alpha value is -7.67. The van der Waals surface area contributed by atoms with Crippen molar-refractivity contribution < 1.29 is 4.74 Å². The van der Waals surface area contributed by atoms with Gasteiger partial charge in [-0.3, -0.25) is 0 Å². The molecule has 0 saturated carbocycles. The van der Waals surface area contributed by atoms with E-state index < -0.39 is 5.41 Å². The third-order valence-electron chi connectivity index (χ3n) is 10.4. The first-order valence-electron chi connectivity index (χ1n) is 17.6. The molecule has 1 aliphatic heterocycles. The standard InChI is InChI=1S/C48H27N5O/c49-28-30-24-31(29-50)26-36(25-30)32-18-20-34(21-19-32)46-51-45(33-10-2-1-3-11-33)52-47(53-46)35-22-23-38-37-12-4-5-13-39(37)48(42(38)27-35)40-14-6-8-16-43(40)54-44-17-9-7-15-41(44)48/h1-27H. The predicted octanol–water partition coefficient (Wildman–Crippen LogP) is 10.8. The molecule has 10 rings (SSSR count). The molecule has 0 saturated heterocycles. The molecule has 8 aromatic rings. The van der Waals surface area contributed by atoms with Crippen LogP contribution >= 0.6 is 0 Å². The van der Waals surface area contributed by atoms with Crippen LogP contribution in [0.2, 0.25) is 0 Å². The fraction of sp³-hybridized carbons (Fsp3) is 0.0208. The molecule has 1 spiro atoms. The number of nitrogens with zero attached hydrogens (tertiary/aromatic N) is 5. The SMILES string of the molecule is N#Cc1cc(C#N)cc(-c2ccc(-c3nc(-c4ccccc4)nc(-c4ccc5c(c4)C4(c6ccccc6Oc6ccccc64)c4ccccc4-5)n3)cc2)c1. The molecule has 1 aromatic heterocycles. The summed E-state index contributed by atoms with van der Waals surface area (Å²) in [4.78, 5) is 15.2. The molecule has 0 atom stereocenters. The van der Waals surface area contributed by atoms with Crippen LogP contribution < -0.4 is 4.74 Å². The van der Waals surface area contributed by atoms with E-state index in [9.17, 15) is 10.5 Å². The predicted molar refractivity (Wildman–Crippen MR) is 208 cm³/mol. The molecule has 1 aliphatic carbocycles. The first kappa shape index (κ1) is 31.1. The Kier molecular flexibility index (Phi) is 7.05. The second kappa shape index (κ2) is 12.2. The molecule has 6 nitrogen and oxygen atoms in total. The lowest BCUT2D eigenvalue weighted by molar-refractivity contribution is 0.436. The summed E-state index contributed by atoms with van der Waals surface area (Å²) in [6.45, 7) is 0. The van der Waals surface area contributed by atoms with Crippen LogP contribution in [0.5, 0.6) is 11.5 Å². The zero-order valence-electron chi connectivity index (χ0n) is 28.7. The Balaban J connectivity index is 1.16. The van der Waals surface area contributed by atoms with E-state index in [-0.39, 0.29) is 0 Å². The van der Waals surface area contributed by atoms with Crippen LogP contribution in [0, 0.1) is 22.7 Å². The molecule has 6 heteroatoms. The van der Waals surface area contributed by atoms with Gasteiger partial charge in [0.1, 0.15) is 11.5 Å². The first-order valence-corrected chi connectivity index (χ1v) is 17.6. The summed E-state index contributed by atoms with van der Waals surface area (Å²) in [5.41, 5.74) is 11.4. The van der Waals surface area contributed by atoms with Crippen LogP contribution in [0.15, 0.2) is 164 Å². The second-order valence-corrected chi connectivity index (χ2v) is 13.4. The minimum atomic E-state index is -0.615. The van der Waals surface area contributed by atoms with Crippen molar-refractivity contribution in [2.24, 2.45) is 0 Å². The Bertz CT molecular complexity index is 2810. The van der Waals surface area contributed by atoms with Crippen LogP contribution in [0.25, 0.3) is 56.4 Å². The third-order valence-corrected chi connectivity index (χ3v) is 10.4. The van der Waals surface area contributed by atoms with Crippen molar-refractivity contribution in [3.63, 3.8) is 0 Å². The number of benzene rings is 7. The normalized spacial score (nSPS) is 12.7. The lowest BCUT2D eigenvalue weighted by Crippen LogP contribution is -2.32. The minimum absolute atomic E-state index is 0.440. The van der Waals surface area contributed by atoms with Gasteiger partial charge in [0.25, 0.3) is 0 Å². The van der Waals surface area contributed by atoms with E-state index in [0.29, 0.717) is 28.6 Å². The van der Waals surface area contributed by atoms with Gasteiger partial charge in [-0.1, -0.05) is 127 Å². The van der Waals surface area contributed by atoms with Gasteiger partial charge in [0.2, 0.25) is 0 Å². The monoisotopic (exact) mass is 689 g/mol. The Morgan fingerprint density at radius 2 is 0.870 bits per heavy atom. The van der Waals surface area contributed by atoms with E-state index >= 15 is 0 Å². The molecule has 250 valence electrons. The maximum Gasteiger partial charge on any atom is 0.164 e. The van der Waals surface area contributed by atoms with Gasteiger partial charge in [-0.15, -0.1) is 0 Å². The van der Waals surface area contributed by atoms with Crippen molar-refractivity contribution in [1.82, 2.24) is 15.0 Å². The highest BCUT2D eigenvalue weighted by Crippen LogP contribution is 2.62. The molecule has 0 fully saturated rings. The fourth-order valence-corrected chi connectivity index (χ4v) is 8.08. The number of ether oxygens (including phenoxy) is 1. The zero-order chi connectivity index (χ0) is 36.2. The molecule has 2 aliphatic rings. The average Bonchev–Trinajstić information content (AvgIpc) is 3.53. The molecule has 0 radical (unpaired) electrons. The van der Waals surface area contributed by atoms with Crippen LogP contribution in [0.4, 0.5) is 0 Å². The van der Waals surface area contributed by atoms with Gasteiger partial charge in [-0.25, -0.2) is 15.0 Å². The summed E-state index contributed by atoms with van der Waals surface area (Å²) in [5, 5.41) is 19.1. The van der Waals surface area contributed by atoms with Crippen molar-refractivity contribution >= 4 is 0 Å². The number of hydrogen-bond acceptors (Lipinski definition) is 6. The topological polar surface area (TPSA) is 95.5 Å². The number of rotatable bonds is 4. The summed E-state index contributed by atoms with van der Waals surface area (Å²) < 4.78 is 6.54. The van der Waals surface area contributed by atoms with E-state index in [2.05, 4.69) is 91.0 Å². The number of fused-ring (bicyclic) bond motifs is 9. The highest BCUT2D eigenvalue weighted by molar-refractivity contribution is 5.90. The van der Waals surface area contributed by atoms with Gasteiger partial charge in [0.05, 0.1) is 28.7 Å². The minimum Gasteiger partial charge on any atom is -0.457 e. The number of hydrogen-bond donors (Lipinski definition) is 0. The smallest absolute Gasteiger partial charge is 0.164 e. The number of para-hydroxylation sites is 2. The lowest BCUT2D eigenvalue weighted by Gasteiger charge is -2.39. The van der Waals surface area contributed by atoms with Gasteiger partial charge >= 0.3 is 0 Å². The van der Waals surface area contributed by atoms with Gasteiger partial charge in [0, 0.05) is 27.8 Å². The molecule has 0 amide bonds. The van der Waals surface area contributed by atoms with Crippen molar-refractivity contribution in [1.29, 1.82) is 10.5 Å². The van der Waals surface area contributed by atoms with Crippen molar-refractivity contribution in [2.75, 3.05) is 0 Å². The molecular weight excluding hydrogens is 663 g/mol. The molecule has 0 N–H and O–H groups in total. The van der Waals surface area contributed by atoms with Crippen molar-refractivity contribution in [3.8, 4) is 80.1 Å². The van der Waals surface area contributed by atoms with Gasteiger partial charge < -0.3 is 4.74 Å². The highest BCUT2D eigenvalue weighted by Gasteiger charge is 2.51. The molecular formula is C48H27N5O.